The molecule has 0 fully saturated rings. The predicted molar refractivity (Wildman–Crippen MR) is 252 cm³/mol. The Morgan fingerprint density at radius 3 is 1.57 bits per heavy atom. The van der Waals surface area contributed by atoms with E-state index in [-0.39, 0.29) is 54.0 Å². The van der Waals surface area contributed by atoms with Gasteiger partial charge in [-0.3, -0.25) is 24.8 Å². The molecule has 0 aliphatic carbocycles. The number of hydrazine groups is 1. The Bertz CT molecular complexity index is 2150. The highest BCUT2D eigenvalue weighted by atomic mass is 32.2. The molecule has 0 aromatic heterocycles. The minimum Gasteiger partial charge on any atom is -0.379 e. The third-order valence-corrected chi connectivity index (χ3v) is 11.2. The van der Waals surface area contributed by atoms with Gasteiger partial charge in [0.05, 0.1) is 123 Å². The largest absolute Gasteiger partial charge is 0.379 e. The number of hydrogen-bond acceptors (Lipinski definition) is 17. The van der Waals surface area contributed by atoms with Crippen LogP contribution in [0.3, 0.4) is 0 Å². The van der Waals surface area contributed by atoms with E-state index in [4.69, 9.17) is 37.9 Å². The van der Waals surface area contributed by atoms with Crippen LogP contribution < -0.4 is 16.1 Å². The number of ether oxygens (including phenoxy) is 8. The van der Waals surface area contributed by atoms with Crippen molar-refractivity contribution in [3.63, 3.8) is 0 Å². The zero-order chi connectivity index (χ0) is 48.1. The average molecular weight is 953 g/mol. The summed E-state index contributed by atoms with van der Waals surface area (Å²) in [5, 5.41) is 15.7. The van der Waals surface area contributed by atoms with Crippen molar-refractivity contribution in [3.05, 3.63) is 107 Å². The van der Waals surface area contributed by atoms with Gasteiger partial charge in [0.2, 0.25) is 5.91 Å². The molecule has 0 bridgehead atoms. The molecule has 4 rings (SSSR count). The van der Waals surface area contributed by atoms with E-state index in [0.717, 1.165) is 11.1 Å². The molecule has 0 saturated heterocycles. The lowest BCUT2D eigenvalue weighted by Crippen LogP contribution is -2.44. The number of carbonyl (C=O) groups excluding carboxylic acids is 3. The van der Waals surface area contributed by atoms with Crippen LogP contribution >= 0.6 is 0 Å². The fourth-order valence-electron chi connectivity index (χ4n) is 5.93. The zero-order valence-electron chi connectivity index (χ0n) is 38.6. The fourth-order valence-corrected chi connectivity index (χ4v) is 7.24. The summed E-state index contributed by atoms with van der Waals surface area (Å²) >= 11 is 0. The smallest absolute Gasteiger partial charge is 0.251 e. The second-order valence-corrected chi connectivity index (χ2v) is 16.9. The Morgan fingerprint density at radius 1 is 0.612 bits per heavy atom. The Kier molecular flexibility index (Phi) is 24.9. The first-order chi connectivity index (χ1) is 32.4. The Hall–Kier alpha value is -5.42. The van der Waals surface area contributed by atoms with Gasteiger partial charge in [-0.1, -0.05) is 36.4 Å². The summed E-state index contributed by atoms with van der Waals surface area (Å²) in [5.74, 6) is -0.0901. The van der Waals surface area contributed by atoms with Crippen LogP contribution in [0.4, 0.5) is 5.69 Å². The maximum Gasteiger partial charge on any atom is 0.251 e. The number of nitrogens with one attached hydrogen (secondary N) is 3. The summed E-state index contributed by atoms with van der Waals surface area (Å²) in [5.41, 5.74) is 6.09. The maximum absolute atomic E-state index is 12.8. The molecule has 3 aromatic carbocycles. The van der Waals surface area contributed by atoms with Crippen molar-refractivity contribution >= 4 is 44.8 Å². The van der Waals surface area contributed by atoms with Crippen LogP contribution in [-0.2, 0) is 52.5 Å². The van der Waals surface area contributed by atoms with Crippen molar-refractivity contribution in [1.82, 2.24) is 15.8 Å². The van der Waals surface area contributed by atoms with Gasteiger partial charge < -0.3 is 48.5 Å². The number of ketones is 1. The first kappa shape index (κ1) is 54.2. The highest BCUT2D eigenvalue weighted by molar-refractivity contribution is 7.91. The number of amidine groups is 2. The first-order valence-electron chi connectivity index (χ1n) is 22.0. The summed E-state index contributed by atoms with van der Waals surface area (Å²) in [6.45, 7) is 14.0. The number of Topliss-reactive ketones (excluding diaryl/α,β-unsaturated/α-hetero) is 1. The molecule has 3 aromatic rings. The molecular formula is C47H64N6O13S. The number of sulfone groups is 1. The molecule has 0 saturated carbocycles. The highest BCUT2D eigenvalue weighted by Gasteiger charge is 2.21. The Balaban J connectivity index is 0.845. The Labute approximate surface area is 393 Å². The standard InChI is InChI=1S/C47H64N6O13S/c1-36-5-15-43(16-6-36)67(57,58)35-37(2)45(55)39-7-9-41(10-8-39)47(56)48-18-20-60-22-24-62-26-28-64-30-32-66-34-33-65-31-29-63-27-25-61-23-21-59-19-17-44(54)49-42-13-11-40(12-14-42)46-51-50-38(3)52-53(46)4/h5-16H,2,17-35H2,1,3-4H3,(H,48,56)(H,49,54)(H,50,52). The lowest BCUT2D eigenvalue weighted by atomic mass is 10.0. The van der Waals surface area contributed by atoms with Crippen LogP contribution in [0.15, 0.2) is 100 Å². The predicted octanol–water partition coefficient (Wildman–Crippen LogP) is 3.63. The Morgan fingerprint density at radius 2 is 1.07 bits per heavy atom. The summed E-state index contributed by atoms with van der Waals surface area (Å²) < 4.78 is 69.4. The van der Waals surface area contributed by atoms with Crippen molar-refractivity contribution in [2.45, 2.75) is 25.2 Å². The SMILES string of the molecule is C=C(CS(=O)(=O)c1ccc(C)cc1)C(=O)c1ccc(C(=O)NCCOCCOCCOCCOCCOCCOCCOCCOCCC(=O)Nc2ccc(C3=NN=C(C)NN3C)cc2)cc1. The number of rotatable bonds is 35. The summed E-state index contributed by atoms with van der Waals surface area (Å²) in [7, 11) is -1.86. The van der Waals surface area contributed by atoms with Crippen LogP contribution in [0.25, 0.3) is 0 Å². The van der Waals surface area contributed by atoms with E-state index >= 15 is 0 Å². The maximum atomic E-state index is 12.8. The van der Waals surface area contributed by atoms with Crippen LogP contribution in [-0.4, -0.2) is 168 Å². The normalized spacial score (nSPS) is 12.6. The zero-order valence-corrected chi connectivity index (χ0v) is 39.4. The molecule has 20 heteroatoms. The summed E-state index contributed by atoms with van der Waals surface area (Å²) in [4.78, 5) is 37.7. The van der Waals surface area contributed by atoms with Gasteiger partial charge in [0.1, 0.15) is 5.84 Å². The lowest BCUT2D eigenvalue weighted by molar-refractivity contribution is -0.117. The first-order valence-corrected chi connectivity index (χ1v) is 23.6. The molecule has 1 aliphatic rings. The van der Waals surface area contributed by atoms with Gasteiger partial charge in [0.25, 0.3) is 5.91 Å². The number of nitrogens with zero attached hydrogens (tertiary/aromatic N) is 3. The molecule has 0 spiro atoms. The molecule has 19 nitrogen and oxygen atoms in total. The van der Waals surface area contributed by atoms with E-state index in [2.05, 4.69) is 32.8 Å². The molecular weight excluding hydrogens is 889 g/mol. The third-order valence-electron chi connectivity index (χ3n) is 9.45. The second kappa shape index (κ2) is 30.8. The molecule has 3 N–H and O–H groups in total. The number of hydrogen-bond donors (Lipinski definition) is 3. The van der Waals surface area contributed by atoms with Crippen LogP contribution in [0.1, 0.15) is 45.2 Å². The van der Waals surface area contributed by atoms with Crippen LogP contribution in [0.5, 0.6) is 0 Å². The summed E-state index contributed by atoms with van der Waals surface area (Å²) in [6.07, 6.45) is 0.227. The number of aryl methyl sites for hydroxylation is 1. The van der Waals surface area contributed by atoms with Gasteiger partial charge in [0.15, 0.2) is 21.5 Å². The van der Waals surface area contributed by atoms with Crippen molar-refractivity contribution in [1.29, 1.82) is 0 Å². The number of carbonyl (C=O) groups is 3. The van der Waals surface area contributed by atoms with Gasteiger partial charge in [-0.05, 0) is 62.4 Å². The number of benzene rings is 3. The van der Waals surface area contributed by atoms with Crippen molar-refractivity contribution in [3.8, 4) is 0 Å². The minimum atomic E-state index is -3.72. The molecule has 0 radical (unpaired) electrons. The van der Waals surface area contributed by atoms with Gasteiger partial charge >= 0.3 is 0 Å². The van der Waals surface area contributed by atoms with Gasteiger partial charge in [0, 0.05) is 41.5 Å². The molecule has 366 valence electrons. The van der Waals surface area contributed by atoms with E-state index in [1.807, 2.05) is 45.2 Å². The van der Waals surface area contributed by atoms with E-state index in [1.54, 1.807) is 17.1 Å². The van der Waals surface area contributed by atoms with E-state index in [9.17, 15) is 22.8 Å². The minimum absolute atomic E-state index is 0.0591. The van der Waals surface area contributed by atoms with Gasteiger partial charge in [-0.15, -0.1) is 10.2 Å². The lowest BCUT2D eigenvalue weighted by Gasteiger charge is -2.24. The van der Waals surface area contributed by atoms with E-state index < -0.39 is 21.4 Å². The van der Waals surface area contributed by atoms with E-state index in [1.165, 1.54) is 36.4 Å². The third kappa shape index (κ3) is 21.4. The molecule has 0 atom stereocenters. The molecule has 1 aliphatic heterocycles. The second-order valence-electron chi connectivity index (χ2n) is 14.9. The van der Waals surface area contributed by atoms with E-state index in [0.29, 0.717) is 115 Å². The fraction of sp³-hybridized carbons (Fsp3) is 0.468. The summed E-state index contributed by atoms with van der Waals surface area (Å²) in [6, 6.07) is 19.7. The quantitative estimate of drug-likeness (QED) is 0.0435. The molecule has 0 unspecified atom stereocenters. The van der Waals surface area contributed by atoms with Crippen molar-refractivity contribution in [2.75, 3.05) is 130 Å². The van der Waals surface area contributed by atoms with Crippen molar-refractivity contribution in [2.24, 2.45) is 10.2 Å². The van der Waals surface area contributed by atoms with Crippen LogP contribution in [0.2, 0.25) is 0 Å². The van der Waals surface area contributed by atoms with Crippen LogP contribution in [0, 0.1) is 6.92 Å². The topological polar surface area (TPSA) is 223 Å². The number of amides is 2. The molecule has 1 heterocycles. The highest BCUT2D eigenvalue weighted by Crippen LogP contribution is 2.18. The molecule has 67 heavy (non-hydrogen) atoms. The molecule has 2 amide bonds. The van der Waals surface area contributed by atoms with Gasteiger partial charge in [-0.2, -0.15) is 0 Å². The van der Waals surface area contributed by atoms with Gasteiger partial charge in [-0.25, -0.2) is 8.42 Å². The van der Waals surface area contributed by atoms with Crippen molar-refractivity contribution < 1.29 is 60.7 Å². The monoisotopic (exact) mass is 952 g/mol. The number of anilines is 1. The average Bonchev–Trinajstić information content (AvgIpc) is 3.31.